The monoisotopic (exact) mass is 343 g/mol. The first kappa shape index (κ1) is 15.7. The van der Waals surface area contributed by atoms with Crippen molar-refractivity contribution in [2.45, 2.75) is 6.54 Å². The molecule has 122 valence electrons. The molecule has 4 aromatic rings. The zero-order valence-electron chi connectivity index (χ0n) is 13.7. The number of hydrogen-bond acceptors (Lipinski definition) is 2. The van der Waals surface area contributed by atoms with Crippen molar-refractivity contribution >= 4 is 24.0 Å². The Morgan fingerprint density at radius 2 is 1.20 bits per heavy atom. The predicted molar refractivity (Wildman–Crippen MR) is 104 cm³/mol. The number of aromatic nitrogens is 3. The van der Waals surface area contributed by atoms with Gasteiger partial charge in [0.15, 0.2) is 0 Å². The summed E-state index contributed by atoms with van der Waals surface area (Å²) in [7, 11) is -0.694. The molecule has 0 bridgehead atoms. The lowest BCUT2D eigenvalue weighted by Crippen LogP contribution is -2.21. The molecule has 3 aromatic carbocycles. The molecule has 0 aliphatic heterocycles. The van der Waals surface area contributed by atoms with Gasteiger partial charge < -0.3 is 0 Å². The molecule has 0 aliphatic carbocycles. The molecule has 0 aliphatic rings. The van der Waals surface area contributed by atoms with Crippen LogP contribution in [0.1, 0.15) is 5.56 Å². The van der Waals surface area contributed by atoms with E-state index in [0.29, 0.717) is 0 Å². The van der Waals surface area contributed by atoms with Crippen molar-refractivity contribution in [1.29, 1.82) is 0 Å². The largest absolute Gasteiger partial charge is 0.247 e. The molecule has 4 heteroatoms. The first-order valence-electron chi connectivity index (χ1n) is 8.24. The summed E-state index contributed by atoms with van der Waals surface area (Å²) < 4.78 is 1.92. The summed E-state index contributed by atoms with van der Waals surface area (Å²) in [4.78, 5) is 0. The minimum atomic E-state index is -0.694. The summed E-state index contributed by atoms with van der Waals surface area (Å²) in [6, 6.07) is 31.5. The van der Waals surface area contributed by atoms with Crippen LogP contribution in [0.2, 0.25) is 0 Å². The maximum absolute atomic E-state index is 4.51. The van der Waals surface area contributed by atoms with Crippen molar-refractivity contribution in [1.82, 2.24) is 15.0 Å². The van der Waals surface area contributed by atoms with Crippen LogP contribution in [0.4, 0.5) is 0 Å². The summed E-state index contributed by atoms with van der Waals surface area (Å²) in [6.45, 7) is 0.737. The lowest BCUT2D eigenvalue weighted by atomic mass is 10.2. The fourth-order valence-corrected chi connectivity index (χ4v) is 4.95. The van der Waals surface area contributed by atoms with E-state index in [1.807, 2.05) is 35.0 Å². The van der Waals surface area contributed by atoms with Crippen molar-refractivity contribution in [3.8, 4) is 0 Å². The van der Waals surface area contributed by atoms with E-state index in [0.717, 1.165) is 12.0 Å². The van der Waals surface area contributed by atoms with Crippen molar-refractivity contribution in [3.63, 3.8) is 0 Å². The summed E-state index contributed by atoms with van der Waals surface area (Å²) in [5.74, 6) is 0. The Morgan fingerprint density at radius 3 is 1.76 bits per heavy atom. The van der Waals surface area contributed by atoms with E-state index in [9.17, 15) is 0 Å². The summed E-state index contributed by atoms with van der Waals surface area (Å²) in [5.41, 5.74) is 2.26. The topological polar surface area (TPSA) is 30.7 Å². The SMILES string of the molecule is c1ccc(Cn2cc(P(c3ccccc3)c3ccccc3)nn2)cc1. The van der Waals surface area contributed by atoms with Crippen molar-refractivity contribution < 1.29 is 0 Å². The van der Waals surface area contributed by atoms with Gasteiger partial charge in [-0.1, -0.05) is 96.2 Å². The Bertz CT molecular complexity index is 882. The van der Waals surface area contributed by atoms with E-state index >= 15 is 0 Å². The molecule has 0 atom stereocenters. The lowest BCUT2D eigenvalue weighted by Gasteiger charge is -2.15. The standard InChI is InChI=1S/C21H18N3P/c1-4-10-18(11-5-1)16-24-17-21(22-23-24)25(19-12-6-2-7-13-19)20-14-8-3-9-15-20/h1-15,17H,16H2. The zero-order valence-corrected chi connectivity index (χ0v) is 14.6. The van der Waals surface area contributed by atoms with E-state index in [1.165, 1.54) is 16.2 Å². The summed E-state index contributed by atoms with van der Waals surface area (Å²) >= 11 is 0. The highest BCUT2D eigenvalue weighted by Crippen LogP contribution is 2.31. The molecule has 0 unspecified atom stereocenters. The third kappa shape index (κ3) is 3.67. The van der Waals surface area contributed by atoms with Crippen LogP contribution >= 0.6 is 7.92 Å². The Labute approximate surface area is 148 Å². The van der Waals surface area contributed by atoms with E-state index in [1.54, 1.807) is 0 Å². The minimum absolute atomic E-state index is 0.694. The molecule has 0 fully saturated rings. The van der Waals surface area contributed by atoms with Gasteiger partial charge in [-0.2, -0.15) is 0 Å². The van der Waals surface area contributed by atoms with Crippen LogP contribution in [0.25, 0.3) is 0 Å². The van der Waals surface area contributed by atoms with E-state index in [2.05, 4.69) is 77.2 Å². The van der Waals surface area contributed by atoms with E-state index in [4.69, 9.17) is 0 Å². The third-order valence-corrected chi connectivity index (χ3v) is 6.26. The second kappa shape index (κ2) is 7.42. The third-order valence-electron chi connectivity index (χ3n) is 3.97. The normalized spacial score (nSPS) is 10.9. The number of hydrogen-bond donors (Lipinski definition) is 0. The second-order valence-corrected chi connectivity index (χ2v) is 7.93. The van der Waals surface area contributed by atoms with Crippen LogP contribution in [0.5, 0.6) is 0 Å². The fourth-order valence-electron chi connectivity index (χ4n) is 2.81. The quantitative estimate of drug-likeness (QED) is 0.522. The molecular weight excluding hydrogens is 325 g/mol. The summed E-state index contributed by atoms with van der Waals surface area (Å²) in [6.07, 6.45) is 2.08. The maximum atomic E-state index is 4.51. The smallest absolute Gasteiger partial charge is 0.114 e. The molecule has 0 N–H and O–H groups in total. The molecule has 3 nitrogen and oxygen atoms in total. The van der Waals surface area contributed by atoms with Gasteiger partial charge in [-0.15, -0.1) is 5.10 Å². The van der Waals surface area contributed by atoms with E-state index in [-0.39, 0.29) is 0 Å². The molecule has 0 saturated heterocycles. The van der Waals surface area contributed by atoms with Gasteiger partial charge in [-0.3, -0.25) is 0 Å². The molecule has 0 radical (unpaired) electrons. The number of nitrogens with zero attached hydrogens (tertiary/aromatic N) is 3. The average Bonchev–Trinajstić information content (AvgIpc) is 3.12. The number of rotatable bonds is 5. The van der Waals surface area contributed by atoms with E-state index < -0.39 is 7.92 Å². The molecule has 0 spiro atoms. The van der Waals surface area contributed by atoms with Gasteiger partial charge in [-0.25, -0.2) is 4.68 Å². The van der Waals surface area contributed by atoms with Crippen LogP contribution in [0.15, 0.2) is 97.2 Å². The highest BCUT2D eigenvalue weighted by atomic mass is 31.1. The van der Waals surface area contributed by atoms with Crippen LogP contribution in [0, 0.1) is 0 Å². The minimum Gasteiger partial charge on any atom is -0.247 e. The number of benzene rings is 3. The zero-order chi connectivity index (χ0) is 16.9. The molecular formula is C21H18N3P. The average molecular weight is 343 g/mol. The fraction of sp³-hybridized carbons (Fsp3) is 0.0476. The van der Waals surface area contributed by atoms with Gasteiger partial charge in [0.25, 0.3) is 0 Å². The first-order valence-corrected chi connectivity index (χ1v) is 9.58. The Kier molecular flexibility index (Phi) is 4.67. The van der Waals surface area contributed by atoms with Crippen LogP contribution in [0.3, 0.4) is 0 Å². The Hall–Kier alpha value is -2.77. The highest BCUT2D eigenvalue weighted by molar-refractivity contribution is 7.79. The van der Waals surface area contributed by atoms with Gasteiger partial charge in [0.1, 0.15) is 5.44 Å². The van der Waals surface area contributed by atoms with Crippen LogP contribution in [-0.2, 0) is 6.54 Å². The molecule has 0 saturated carbocycles. The Balaban J connectivity index is 1.69. The maximum Gasteiger partial charge on any atom is 0.114 e. The molecule has 1 aromatic heterocycles. The van der Waals surface area contributed by atoms with Gasteiger partial charge in [0, 0.05) is 7.92 Å². The highest BCUT2D eigenvalue weighted by Gasteiger charge is 2.19. The van der Waals surface area contributed by atoms with Gasteiger partial charge >= 0.3 is 0 Å². The van der Waals surface area contributed by atoms with Crippen LogP contribution in [-0.4, -0.2) is 15.0 Å². The van der Waals surface area contributed by atoms with Crippen molar-refractivity contribution in [2.24, 2.45) is 0 Å². The molecule has 1 heterocycles. The molecule has 4 rings (SSSR count). The predicted octanol–water partition coefficient (Wildman–Crippen LogP) is 3.08. The van der Waals surface area contributed by atoms with Crippen molar-refractivity contribution in [3.05, 3.63) is 103 Å². The van der Waals surface area contributed by atoms with Crippen molar-refractivity contribution in [2.75, 3.05) is 0 Å². The summed E-state index contributed by atoms with van der Waals surface area (Å²) in [5, 5.41) is 11.4. The van der Waals surface area contributed by atoms with Crippen LogP contribution < -0.4 is 16.0 Å². The second-order valence-electron chi connectivity index (χ2n) is 5.77. The van der Waals surface area contributed by atoms with Gasteiger partial charge in [-0.05, 0) is 16.2 Å². The van der Waals surface area contributed by atoms with Gasteiger partial charge in [0.2, 0.25) is 0 Å². The lowest BCUT2D eigenvalue weighted by molar-refractivity contribution is 0.650. The Morgan fingerprint density at radius 1 is 0.680 bits per heavy atom. The molecule has 0 amide bonds. The van der Waals surface area contributed by atoms with Gasteiger partial charge in [0.05, 0.1) is 12.7 Å². The molecule has 25 heavy (non-hydrogen) atoms. The first-order chi connectivity index (χ1) is 12.4.